The molecule has 0 aromatic heterocycles. The first-order valence-corrected chi connectivity index (χ1v) is 9.39. The van der Waals surface area contributed by atoms with Crippen molar-refractivity contribution in [3.63, 3.8) is 0 Å². The number of amides is 2. The van der Waals surface area contributed by atoms with Gasteiger partial charge in [0.1, 0.15) is 5.82 Å². The van der Waals surface area contributed by atoms with Gasteiger partial charge in [0.2, 0.25) is 11.8 Å². The summed E-state index contributed by atoms with van der Waals surface area (Å²) in [4.78, 5) is 24.8. The number of hydrogen-bond donors (Lipinski definition) is 2. The van der Waals surface area contributed by atoms with Crippen molar-refractivity contribution in [1.82, 2.24) is 0 Å². The van der Waals surface area contributed by atoms with Crippen molar-refractivity contribution >= 4 is 29.1 Å². The lowest BCUT2D eigenvalue weighted by Gasteiger charge is -2.36. The second-order valence-electron chi connectivity index (χ2n) is 7.10. The first-order valence-electron chi connectivity index (χ1n) is 9.01. The van der Waals surface area contributed by atoms with Gasteiger partial charge in [0, 0.05) is 21.8 Å². The van der Waals surface area contributed by atoms with Crippen LogP contribution in [0.5, 0.6) is 0 Å². The van der Waals surface area contributed by atoms with Crippen LogP contribution in [-0.4, -0.2) is 11.8 Å². The van der Waals surface area contributed by atoms with Crippen molar-refractivity contribution in [3.8, 4) is 0 Å². The first-order chi connectivity index (χ1) is 12.8. The Morgan fingerprint density at radius 1 is 1.15 bits per heavy atom. The molecule has 27 heavy (non-hydrogen) atoms. The fraction of sp³-hybridized carbons (Fsp3) is 0.333. The van der Waals surface area contributed by atoms with Gasteiger partial charge in [-0.1, -0.05) is 43.0 Å². The van der Waals surface area contributed by atoms with Gasteiger partial charge in [0.25, 0.3) is 0 Å². The lowest BCUT2D eigenvalue weighted by molar-refractivity contribution is -0.122. The molecule has 2 aromatic rings. The predicted molar refractivity (Wildman–Crippen MR) is 104 cm³/mol. The molecule has 142 valence electrons. The van der Waals surface area contributed by atoms with Crippen molar-refractivity contribution in [2.24, 2.45) is 5.73 Å². The molecule has 0 heterocycles. The van der Waals surface area contributed by atoms with Crippen molar-refractivity contribution in [3.05, 3.63) is 63.9 Å². The quantitative estimate of drug-likeness (QED) is 0.794. The summed E-state index contributed by atoms with van der Waals surface area (Å²) in [5.74, 6) is -1.54. The van der Waals surface area contributed by atoms with Crippen LogP contribution < -0.4 is 11.1 Å². The number of rotatable bonds is 4. The summed E-state index contributed by atoms with van der Waals surface area (Å²) in [5.41, 5.74) is 5.96. The Labute approximate surface area is 162 Å². The average molecular weight is 389 g/mol. The van der Waals surface area contributed by atoms with Crippen molar-refractivity contribution in [2.75, 3.05) is 5.32 Å². The zero-order valence-electron chi connectivity index (χ0n) is 15.1. The van der Waals surface area contributed by atoms with Crippen LogP contribution in [0.3, 0.4) is 0 Å². The molecule has 1 saturated carbocycles. The van der Waals surface area contributed by atoms with Crippen LogP contribution in [0, 0.1) is 12.7 Å². The Bertz CT molecular complexity index is 892. The van der Waals surface area contributed by atoms with Crippen LogP contribution in [-0.2, 0) is 10.2 Å². The lowest BCUT2D eigenvalue weighted by Crippen LogP contribution is -2.42. The fourth-order valence-electron chi connectivity index (χ4n) is 3.78. The van der Waals surface area contributed by atoms with Gasteiger partial charge in [-0.2, -0.15) is 0 Å². The number of carbonyl (C=O) groups excluding carboxylic acids is 2. The Hall–Kier alpha value is -2.40. The van der Waals surface area contributed by atoms with Gasteiger partial charge < -0.3 is 11.1 Å². The molecule has 3 N–H and O–H groups in total. The topological polar surface area (TPSA) is 72.2 Å². The highest BCUT2D eigenvalue weighted by Gasteiger charge is 2.41. The fourth-order valence-corrected chi connectivity index (χ4v) is 3.97. The average Bonchev–Trinajstić information content (AvgIpc) is 2.65. The molecule has 1 fully saturated rings. The van der Waals surface area contributed by atoms with Gasteiger partial charge in [0.05, 0.1) is 5.41 Å². The number of nitrogens with two attached hydrogens (primary N) is 1. The molecule has 6 heteroatoms. The minimum absolute atomic E-state index is 0.0221. The van der Waals surface area contributed by atoms with Crippen LogP contribution in [0.1, 0.15) is 53.6 Å². The van der Waals surface area contributed by atoms with Crippen molar-refractivity contribution < 1.29 is 14.0 Å². The van der Waals surface area contributed by atoms with E-state index in [1.165, 1.54) is 6.07 Å². The normalized spacial score (nSPS) is 16.0. The second-order valence-corrected chi connectivity index (χ2v) is 7.54. The molecule has 0 spiro atoms. The Morgan fingerprint density at radius 2 is 1.85 bits per heavy atom. The maximum absolute atomic E-state index is 14.2. The molecular weight excluding hydrogens is 367 g/mol. The number of nitrogens with one attached hydrogen (secondary N) is 1. The molecule has 0 unspecified atom stereocenters. The highest BCUT2D eigenvalue weighted by molar-refractivity contribution is 6.30. The van der Waals surface area contributed by atoms with Crippen LogP contribution in [0.4, 0.5) is 10.1 Å². The SMILES string of the molecule is Cc1c(F)cc(C(N)=O)cc1NC(=O)C1(c2cccc(Cl)c2)CCCCC1. The number of carbonyl (C=O) groups is 2. The first kappa shape index (κ1) is 19.4. The molecule has 4 nitrogen and oxygen atoms in total. The predicted octanol–water partition coefficient (Wildman–Crippen LogP) is 4.73. The van der Waals surface area contributed by atoms with Gasteiger partial charge in [-0.15, -0.1) is 0 Å². The Morgan fingerprint density at radius 3 is 2.48 bits per heavy atom. The third kappa shape index (κ3) is 3.83. The van der Waals surface area contributed by atoms with Crippen molar-refractivity contribution in [2.45, 2.75) is 44.4 Å². The van der Waals surface area contributed by atoms with Gasteiger partial charge in [-0.05, 0) is 49.6 Å². The maximum Gasteiger partial charge on any atom is 0.248 e. The standard InChI is InChI=1S/C21H22ClFN2O2/c1-13-17(23)10-14(19(24)26)11-18(13)25-20(27)21(8-3-2-4-9-21)15-6-5-7-16(22)12-15/h5-7,10-12H,2-4,8-9H2,1H3,(H2,24,26)(H,25,27). The molecule has 0 saturated heterocycles. The monoisotopic (exact) mass is 388 g/mol. The zero-order valence-corrected chi connectivity index (χ0v) is 15.9. The molecule has 2 aromatic carbocycles. The van der Waals surface area contributed by atoms with E-state index in [9.17, 15) is 14.0 Å². The second kappa shape index (κ2) is 7.69. The number of benzene rings is 2. The summed E-state index contributed by atoms with van der Waals surface area (Å²) >= 11 is 6.16. The molecule has 0 radical (unpaired) electrons. The van der Waals surface area contributed by atoms with Gasteiger partial charge >= 0.3 is 0 Å². The van der Waals surface area contributed by atoms with E-state index in [0.29, 0.717) is 17.9 Å². The van der Waals surface area contributed by atoms with Crippen LogP contribution in [0.15, 0.2) is 36.4 Å². The van der Waals surface area contributed by atoms with E-state index in [1.807, 2.05) is 18.2 Å². The highest BCUT2D eigenvalue weighted by atomic mass is 35.5. The molecule has 0 bridgehead atoms. The number of primary amides is 1. The zero-order chi connectivity index (χ0) is 19.6. The molecule has 1 aliphatic carbocycles. The van der Waals surface area contributed by atoms with Crippen molar-refractivity contribution in [1.29, 1.82) is 0 Å². The molecular formula is C21H22ClFN2O2. The Kier molecular flexibility index (Phi) is 5.51. The van der Waals surface area contributed by atoms with E-state index in [4.69, 9.17) is 17.3 Å². The summed E-state index contributed by atoms with van der Waals surface area (Å²) in [6.45, 7) is 1.56. The molecule has 0 atom stereocenters. The highest BCUT2D eigenvalue weighted by Crippen LogP contribution is 2.41. The minimum Gasteiger partial charge on any atom is -0.366 e. The van der Waals surface area contributed by atoms with Crippen LogP contribution >= 0.6 is 11.6 Å². The van der Waals surface area contributed by atoms with Gasteiger partial charge in [0.15, 0.2) is 0 Å². The van der Waals surface area contributed by atoms with E-state index >= 15 is 0 Å². The van der Waals surface area contributed by atoms with E-state index in [0.717, 1.165) is 30.9 Å². The molecule has 3 rings (SSSR count). The molecule has 1 aliphatic rings. The Balaban J connectivity index is 2.00. The summed E-state index contributed by atoms with van der Waals surface area (Å²) in [5, 5.41) is 3.42. The summed E-state index contributed by atoms with van der Waals surface area (Å²) < 4.78 is 14.2. The van der Waals surface area contributed by atoms with Gasteiger partial charge in [-0.25, -0.2) is 4.39 Å². The summed E-state index contributed by atoms with van der Waals surface area (Å²) in [7, 11) is 0. The lowest BCUT2D eigenvalue weighted by atomic mass is 9.68. The largest absolute Gasteiger partial charge is 0.366 e. The third-order valence-corrected chi connectivity index (χ3v) is 5.63. The van der Waals surface area contributed by atoms with Crippen LogP contribution in [0.25, 0.3) is 0 Å². The number of anilines is 1. The maximum atomic E-state index is 14.2. The summed E-state index contributed by atoms with van der Waals surface area (Å²) in [6.07, 6.45) is 4.30. The minimum atomic E-state index is -0.744. The van der Waals surface area contributed by atoms with E-state index in [1.54, 1.807) is 13.0 Å². The summed E-state index contributed by atoms with van der Waals surface area (Å²) in [6, 6.07) is 9.84. The van der Waals surface area contributed by atoms with E-state index in [2.05, 4.69) is 5.32 Å². The third-order valence-electron chi connectivity index (χ3n) is 5.40. The smallest absolute Gasteiger partial charge is 0.248 e. The number of halogens is 2. The van der Waals surface area contributed by atoms with E-state index in [-0.39, 0.29) is 22.7 Å². The van der Waals surface area contributed by atoms with E-state index < -0.39 is 17.1 Å². The van der Waals surface area contributed by atoms with Gasteiger partial charge in [-0.3, -0.25) is 9.59 Å². The molecule has 0 aliphatic heterocycles. The number of hydrogen-bond acceptors (Lipinski definition) is 2. The van der Waals surface area contributed by atoms with Crippen LogP contribution in [0.2, 0.25) is 5.02 Å². The molecule has 2 amide bonds.